The van der Waals surface area contributed by atoms with E-state index in [2.05, 4.69) is 0 Å². The quantitative estimate of drug-likeness (QED) is 0.296. The lowest BCUT2D eigenvalue weighted by molar-refractivity contribution is -0.145. The zero-order chi connectivity index (χ0) is 18.1. The Morgan fingerprint density at radius 3 is 2.72 bits per heavy atom. The lowest BCUT2D eigenvalue weighted by atomic mass is 9.89. The summed E-state index contributed by atoms with van der Waals surface area (Å²) in [6.07, 6.45) is 7.87. The van der Waals surface area contributed by atoms with Gasteiger partial charge in [0.25, 0.3) is 0 Å². The summed E-state index contributed by atoms with van der Waals surface area (Å²) in [6.45, 7) is 2.27. The molecule has 0 radical (unpaired) electrons. The van der Waals surface area contributed by atoms with E-state index >= 15 is 0 Å². The van der Waals surface area contributed by atoms with E-state index in [4.69, 9.17) is 4.74 Å². The molecule has 1 aromatic carbocycles. The minimum absolute atomic E-state index is 0.148. The first kappa shape index (κ1) is 19.1. The molecule has 1 aliphatic rings. The van der Waals surface area contributed by atoms with Crippen LogP contribution in [-0.2, 0) is 25.7 Å². The van der Waals surface area contributed by atoms with Gasteiger partial charge in [-0.05, 0) is 30.7 Å². The topological polar surface area (TPSA) is 60.4 Å². The summed E-state index contributed by atoms with van der Waals surface area (Å²) in [7, 11) is 0. The van der Waals surface area contributed by atoms with Gasteiger partial charge in [-0.1, -0.05) is 49.4 Å². The Morgan fingerprint density at radius 2 is 2.00 bits per heavy atom. The summed E-state index contributed by atoms with van der Waals surface area (Å²) in [4.78, 5) is 34.7. The number of unbranched alkanes of at least 4 members (excludes halogenated alkanes) is 1. The summed E-state index contributed by atoms with van der Waals surface area (Å²) in [5.74, 6) is -0.163. The molecule has 3 atom stereocenters. The first-order valence-electron chi connectivity index (χ1n) is 8.94. The van der Waals surface area contributed by atoms with Gasteiger partial charge in [-0.2, -0.15) is 0 Å². The van der Waals surface area contributed by atoms with Crippen molar-refractivity contribution >= 4 is 18.0 Å². The third-order valence-corrected chi connectivity index (χ3v) is 4.77. The van der Waals surface area contributed by atoms with Crippen LogP contribution in [0, 0.1) is 17.8 Å². The van der Waals surface area contributed by atoms with E-state index in [1.807, 2.05) is 49.4 Å². The van der Waals surface area contributed by atoms with Gasteiger partial charge in [0.05, 0.1) is 0 Å². The number of benzene rings is 1. The van der Waals surface area contributed by atoms with E-state index in [1.165, 1.54) is 0 Å². The van der Waals surface area contributed by atoms with Crippen molar-refractivity contribution in [3.05, 3.63) is 48.0 Å². The molecule has 4 heteroatoms. The second-order valence-corrected chi connectivity index (χ2v) is 6.71. The molecule has 0 bridgehead atoms. The number of hydrogen-bond acceptors (Lipinski definition) is 4. The molecule has 4 nitrogen and oxygen atoms in total. The largest absolute Gasteiger partial charge is 0.461 e. The maximum absolute atomic E-state index is 11.9. The van der Waals surface area contributed by atoms with Crippen molar-refractivity contribution in [2.75, 3.05) is 0 Å². The molecular formula is C21H26O4. The molecular weight excluding hydrogens is 316 g/mol. The fourth-order valence-corrected chi connectivity index (χ4v) is 3.27. The van der Waals surface area contributed by atoms with Crippen molar-refractivity contribution in [3.63, 3.8) is 0 Å². The molecule has 1 fully saturated rings. The Balaban J connectivity index is 1.60. The number of esters is 1. The Labute approximate surface area is 149 Å². The van der Waals surface area contributed by atoms with Gasteiger partial charge in [0, 0.05) is 24.7 Å². The Hall–Kier alpha value is -2.23. The highest BCUT2D eigenvalue weighted by atomic mass is 16.5. The molecule has 0 aliphatic heterocycles. The van der Waals surface area contributed by atoms with E-state index < -0.39 is 0 Å². The molecule has 25 heavy (non-hydrogen) atoms. The third kappa shape index (κ3) is 5.96. The summed E-state index contributed by atoms with van der Waals surface area (Å²) >= 11 is 0. The van der Waals surface area contributed by atoms with E-state index in [-0.39, 0.29) is 29.5 Å². The second kappa shape index (κ2) is 9.92. The van der Waals surface area contributed by atoms with E-state index in [0.29, 0.717) is 25.9 Å². The number of hydrogen-bond donors (Lipinski definition) is 0. The summed E-state index contributed by atoms with van der Waals surface area (Å²) in [6, 6.07) is 9.61. The number of allylic oxidation sites excluding steroid dienone is 2. The number of carbonyl (C=O) groups excluding carboxylic acids is 3. The molecule has 134 valence electrons. The monoisotopic (exact) mass is 342 g/mol. The Bertz CT molecular complexity index is 606. The molecule has 1 aromatic rings. The Kier molecular flexibility index (Phi) is 7.58. The molecule has 0 unspecified atom stereocenters. The first-order valence-corrected chi connectivity index (χ1v) is 8.94. The lowest BCUT2D eigenvalue weighted by Gasteiger charge is -2.13. The van der Waals surface area contributed by atoms with Gasteiger partial charge < -0.3 is 9.53 Å². The van der Waals surface area contributed by atoms with Gasteiger partial charge in [-0.3, -0.25) is 9.59 Å². The fraction of sp³-hybridized carbons (Fsp3) is 0.476. The molecule has 0 saturated heterocycles. The highest BCUT2D eigenvalue weighted by molar-refractivity contribution is 5.87. The zero-order valence-electron chi connectivity index (χ0n) is 14.7. The summed E-state index contributed by atoms with van der Waals surface area (Å²) < 4.78 is 5.22. The zero-order valence-corrected chi connectivity index (χ0v) is 14.7. The molecule has 0 amide bonds. The van der Waals surface area contributed by atoms with Gasteiger partial charge in [0.15, 0.2) is 0 Å². The van der Waals surface area contributed by atoms with Crippen LogP contribution in [0.1, 0.15) is 44.6 Å². The van der Waals surface area contributed by atoms with Crippen LogP contribution in [-0.4, -0.2) is 18.0 Å². The SMILES string of the molecule is C[C@@H]1CC(=O)[C@H](C/C=C\CCCC(=O)OCc2ccccc2)[C@H]1C=O. The van der Waals surface area contributed by atoms with Crippen LogP contribution in [0.4, 0.5) is 0 Å². The van der Waals surface area contributed by atoms with Crippen LogP contribution >= 0.6 is 0 Å². The van der Waals surface area contributed by atoms with Gasteiger partial charge in [-0.15, -0.1) is 0 Å². The van der Waals surface area contributed by atoms with Crippen LogP contribution in [0.3, 0.4) is 0 Å². The third-order valence-electron chi connectivity index (χ3n) is 4.77. The van der Waals surface area contributed by atoms with Gasteiger partial charge in [0.2, 0.25) is 0 Å². The van der Waals surface area contributed by atoms with Gasteiger partial charge in [0.1, 0.15) is 18.7 Å². The number of ether oxygens (including phenoxy) is 1. The van der Waals surface area contributed by atoms with E-state index in [1.54, 1.807) is 0 Å². The van der Waals surface area contributed by atoms with Crippen molar-refractivity contribution in [2.45, 2.75) is 45.6 Å². The molecule has 0 N–H and O–H groups in total. The predicted molar refractivity (Wildman–Crippen MR) is 95.7 cm³/mol. The van der Waals surface area contributed by atoms with E-state index in [0.717, 1.165) is 24.7 Å². The first-order chi connectivity index (χ1) is 12.1. The Morgan fingerprint density at radius 1 is 1.24 bits per heavy atom. The van der Waals surface area contributed by atoms with Gasteiger partial charge in [-0.25, -0.2) is 0 Å². The van der Waals surface area contributed by atoms with Crippen LogP contribution in [0.5, 0.6) is 0 Å². The van der Waals surface area contributed by atoms with Crippen molar-refractivity contribution in [1.29, 1.82) is 0 Å². The number of aldehydes is 1. The number of Topliss-reactive ketones (excluding diaryl/α,β-unsaturated/α-hetero) is 1. The molecule has 1 aliphatic carbocycles. The van der Waals surface area contributed by atoms with Crippen molar-refractivity contribution in [3.8, 4) is 0 Å². The number of ketones is 1. The molecule has 0 aromatic heterocycles. The fourth-order valence-electron chi connectivity index (χ4n) is 3.27. The summed E-state index contributed by atoms with van der Waals surface area (Å²) in [5, 5.41) is 0. The summed E-state index contributed by atoms with van der Waals surface area (Å²) in [5.41, 5.74) is 0.982. The minimum atomic E-state index is -0.196. The van der Waals surface area contributed by atoms with Crippen LogP contribution in [0.2, 0.25) is 0 Å². The molecule has 1 saturated carbocycles. The standard InChI is InChI=1S/C21H26O4/c1-16-13-20(23)18(19(16)14-22)11-7-2-3-8-12-21(24)25-15-17-9-5-4-6-10-17/h2,4-7,9-10,14,16,18-19H,3,8,11-13,15H2,1H3/b7-2-/t16-,18-,19+/m1/s1. The van der Waals surface area contributed by atoms with Crippen LogP contribution < -0.4 is 0 Å². The van der Waals surface area contributed by atoms with Crippen molar-refractivity contribution in [2.24, 2.45) is 17.8 Å². The highest BCUT2D eigenvalue weighted by Crippen LogP contribution is 2.35. The highest BCUT2D eigenvalue weighted by Gasteiger charge is 2.38. The number of carbonyl (C=O) groups is 3. The minimum Gasteiger partial charge on any atom is -0.461 e. The maximum Gasteiger partial charge on any atom is 0.306 e. The predicted octanol–water partition coefficient (Wildman–Crippen LogP) is 3.89. The lowest BCUT2D eigenvalue weighted by Crippen LogP contribution is -2.17. The van der Waals surface area contributed by atoms with Crippen molar-refractivity contribution in [1.82, 2.24) is 0 Å². The van der Waals surface area contributed by atoms with Crippen LogP contribution in [0.25, 0.3) is 0 Å². The molecule has 2 rings (SSSR count). The van der Waals surface area contributed by atoms with E-state index in [9.17, 15) is 14.4 Å². The average Bonchev–Trinajstić information content (AvgIpc) is 2.89. The van der Waals surface area contributed by atoms with Crippen LogP contribution in [0.15, 0.2) is 42.5 Å². The van der Waals surface area contributed by atoms with Gasteiger partial charge >= 0.3 is 5.97 Å². The average molecular weight is 342 g/mol. The maximum atomic E-state index is 11.9. The molecule has 0 heterocycles. The second-order valence-electron chi connectivity index (χ2n) is 6.71. The smallest absolute Gasteiger partial charge is 0.306 e. The normalized spacial score (nSPS) is 23.1. The molecule has 0 spiro atoms. The van der Waals surface area contributed by atoms with Crippen molar-refractivity contribution < 1.29 is 19.1 Å². The number of rotatable bonds is 9.